The van der Waals surface area contributed by atoms with Gasteiger partial charge < -0.3 is 14.7 Å². The monoisotopic (exact) mass is 276 g/mol. The number of aromatic amines is 1. The molecule has 0 unspecified atom stereocenters. The van der Waals surface area contributed by atoms with Crippen LogP contribution in [0, 0.1) is 5.41 Å². The SMILES string of the molecule is CC(C)(C)Cn1c(=O)c(=O)[nH]c2c(C(=O)O)cccc21. The van der Waals surface area contributed by atoms with Gasteiger partial charge in [-0.15, -0.1) is 0 Å². The topological polar surface area (TPSA) is 92.2 Å². The van der Waals surface area contributed by atoms with Crippen molar-refractivity contribution in [2.45, 2.75) is 27.3 Å². The van der Waals surface area contributed by atoms with Gasteiger partial charge in [0, 0.05) is 6.54 Å². The van der Waals surface area contributed by atoms with Crippen molar-refractivity contribution >= 4 is 17.0 Å². The van der Waals surface area contributed by atoms with E-state index in [0.717, 1.165) is 0 Å². The Bertz CT molecular complexity index is 793. The van der Waals surface area contributed by atoms with Crippen LogP contribution in [-0.2, 0) is 6.54 Å². The lowest BCUT2D eigenvalue weighted by molar-refractivity contribution is 0.0699. The fourth-order valence-corrected chi connectivity index (χ4v) is 2.10. The lowest BCUT2D eigenvalue weighted by Gasteiger charge is -2.21. The molecule has 0 fully saturated rings. The summed E-state index contributed by atoms with van der Waals surface area (Å²) in [5.74, 6) is -1.15. The molecule has 0 saturated heterocycles. The summed E-state index contributed by atoms with van der Waals surface area (Å²) < 4.78 is 1.33. The number of hydrogen-bond donors (Lipinski definition) is 2. The van der Waals surface area contributed by atoms with Crippen molar-refractivity contribution < 1.29 is 9.90 Å². The van der Waals surface area contributed by atoms with Gasteiger partial charge in [0.25, 0.3) is 0 Å². The number of benzene rings is 1. The fraction of sp³-hybridized carbons (Fsp3) is 0.357. The summed E-state index contributed by atoms with van der Waals surface area (Å²) in [6.45, 7) is 6.14. The average Bonchev–Trinajstić information content (AvgIpc) is 2.32. The first-order chi connectivity index (χ1) is 9.20. The van der Waals surface area contributed by atoms with Crippen molar-refractivity contribution in [3.05, 3.63) is 44.5 Å². The second kappa shape index (κ2) is 4.63. The number of aromatic nitrogens is 2. The average molecular weight is 276 g/mol. The third kappa shape index (κ3) is 2.49. The van der Waals surface area contributed by atoms with Crippen LogP contribution in [0.3, 0.4) is 0 Å². The maximum atomic E-state index is 12.0. The quantitative estimate of drug-likeness (QED) is 0.812. The Labute approximate surface area is 114 Å². The zero-order valence-corrected chi connectivity index (χ0v) is 11.6. The molecule has 2 aromatic rings. The van der Waals surface area contributed by atoms with Gasteiger partial charge in [0.2, 0.25) is 0 Å². The molecule has 0 bridgehead atoms. The molecule has 2 N–H and O–H groups in total. The normalized spacial score (nSPS) is 11.8. The molecule has 2 rings (SSSR count). The number of hydrogen-bond acceptors (Lipinski definition) is 3. The number of carbonyl (C=O) groups is 1. The number of H-pyrrole nitrogens is 1. The lowest BCUT2D eigenvalue weighted by atomic mass is 9.96. The largest absolute Gasteiger partial charge is 0.478 e. The third-order valence-corrected chi connectivity index (χ3v) is 2.87. The van der Waals surface area contributed by atoms with Gasteiger partial charge in [0.15, 0.2) is 0 Å². The van der Waals surface area contributed by atoms with Crippen LogP contribution in [0.25, 0.3) is 11.0 Å². The van der Waals surface area contributed by atoms with Gasteiger partial charge in [-0.25, -0.2) is 4.79 Å². The number of fused-ring (bicyclic) bond motifs is 1. The Hall–Kier alpha value is -2.37. The van der Waals surface area contributed by atoms with E-state index in [-0.39, 0.29) is 16.5 Å². The van der Waals surface area contributed by atoms with Gasteiger partial charge in [-0.3, -0.25) is 9.59 Å². The molecule has 0 saturated carbocycles. The molecule has 0 atom stereocenters. The van der Waals surface area contributed by atoms with E-state index in [1.54, 1.807) is 12.1 Å². The van der Waals surface area contributed by atoms with E-state index in [4.69, 9.17) is 5.11 Å². The fourth-order valence-electron chi connectivity index (χ4n) is 2.10. The number of aromatic carboxylic acids is 1. The summed E-state index contributed by atoms with van der Waals surface area (Å²) in [6.07, 6.45) is 0. The molecule has 1 aromatic heterocycles. The molecule has 0 spiro atoms. The van der Waals surface area contributed by atoms with Crippen molar-refractivity contribution in [3.8, 4) is 0 Å². The third-order valence-electron chi connectivity index (χ3n) is 2.87. The van der Waals surface area contributed by atoms with E-state index in [9.17, 15) is 14.4 Å². The van der Waals surface area contributed by atoms with E-state index in [1.165, 1.54) is 10.6 Å². The van der Waals surface area contributed by atoms with Crippen molar-refractivity contribution in [2.24, 2.45) is 5.41 Å². The van der Waals surface area contributed by atoms with Gasteiger partial charge in [-0.1, -0.05) is 26.8 Å². The molecule has 1 aromatic carbocycles. The number of nitrogens with zero attached hydrogens (tertiary/aromatic N) is 1. The van der Waals surface area contributed by atoms with E-state index in [1.807, 2.05) is 20.8 Å². The highest BCUT2D eigenvalue weighted by atomic mass is 16.4. The van der Waals surface area contributed by atoms with Crippen LogP contribution in [-0.4, -0.2) is 20.6 Å². The van der Waals surface area contributed by atoms with Crippen LogP contribution < -0.4 is 11.1 Å². The van der Waals surface area contributed by atoms with Gasteiger partial charge in [0.1, 0.15) is 0 Å². The summed E-state index contributed by atoms with van der Waals surface area (Å²) in [5, 5.41) is 9.16. The molecule has 0 radical (unpaired) electrons. The smallest absolute Gasteiger partial charge is 0.337 e. The molecule has 0 aliphatic rings. The van der Waals surface area contributed by atoms with Crippen LogP contribution in [0.2, 0.25) is 0 Å². The lowest BCUT2D eigenvalue weighted by Crippen LogP contribution is -2.39. The minimum Gasteiger partial charge on any atom is -0.478 e. The van der Waals surface area contributed by atoms with Crippen molar-refractivity contribution in [1.82, 2.24) is 9.55 Å². The predicted molar refractivity (Wildman–Crippen MR) is 75.2 cm³/mol. The Morgan fingerprint density at radius 2 is 1.95 bits per heavy atom. The zero-order chi connectivity index (χ0) is 15.1. The minimum absolute atomic E-state index is 0.0257. The van der Waals surface area contributed by atoms with Crippen molar-refractivity contribution in [1.29, 1.82) is 0 Å². The summed E-state index contributed by atoms with van der Waals surface area (Å²) in [4.78, 5) is 37.3. The molecule has 20 heavy (non-hydrogen) atoms. The summed E-state index contributed by atoms with van der Waals surface area (Å²) in [7, 11) is 0. The predicted octanol–water partition coefficient (Wildman–Crippen LogP) is 1.43. The van der Waals surface area contributed by atoms with Gasteiger partial charge in [-0.2, -0.15) is 0 Å². The first-order valence-electron chi connectivity index (χ1n) is 6.20. The van der Waals surface area contributed by atoms with Crippen molar-refractivity contribution in [2.75, 3.05) is 0 Å². The van der Waals surface area contributed by atoms with E-state index in [0.29, 0.717) is 12.1 Å². The van der Waals surface area contributed by atoms with Crippen molar-refractivity contribution in [3.63, 3.8) is 0 Å². The Morgan fingerprint density at radius 1 is 1.30 bits per heavy atom. The first-order valence-corrected chi connectivity index (χ1v) is 6.20. The molecule has 0 aliphatic carbocycles. The second-order valence-corrected chi connectivity index (χ2v) is 5.91. The van der Waals surface area contributed by atoms with Gasteiger partial charge in [0.05, 0.1) is 16.6 Å². The van der Waals surface area contributed by atoms with Crippen LogP contribution in [0.4, 0.5) is 0 Å². The summed E-state index contributed by atoms with van der Waals surface area (Å²) in [6, 6.07) is 4.58. The molecule has 0 amide bonds. The highest BCUT2D eigenvalue weighted by Gasteiger charge is 2.18. The number of carboxylic acids is 1. The molecule has 1 heterocycles. The van der Waals surface area contributed by atoms with E-state index >= 15 is 0 Å². The van der Waals surface area contributed by atoms with Crippen LogP contribution in [0.5, 0.6) is 0 Å². The standard InChI is InChI=1S/C14H16N2O4/c1-14(2,3)7-16-9-6-4-5-8(13(19)20)10(9)15-11(17)12(16)18/h4-6H,7H2,1-3H3,(H,15,17)(H,19,20). The van der Waals surface area contributed by atoms with E-state index < -0.39 is 17.1 Å². The number of rotatable bonds is 2. The molecule has 106 valence electrons. The van der Waals surface area contributed by atoms with Crippen LogP contribution in [0.15, 0.2) is 27.8 Å². The zero-order valence-electron chi connectivity index (χ0n) is 11.6. The number of carboxylic acid groups (broad SMARTS) is 1. The van der Waals surface area contributed by atoms with Gasteiger partial charge in [-0.05, 0) is 17.5 Å². The number of para-hydroxylation sites is 1. The maximum Gasteiger partial charge on any atom is 0.337 e. The molecule has 0 aliphatic heterocycles. The molecular formula is C14H16N2O4. The molecular weight excluding hydrogens is 260 g/mol. The highest BCUT2D eigenvalue weighted by molar-refractivity contribution is 6.00. The summed E-state index contributed by atoms with van der Waals surface area (Å²) in [5.41, 5.74) is -1.13. The second-order valence-electron chi connectivity index (χ2n) is 5.91. The Balaban J connectivity index is 2.90. The molecule has 6 nitrogen and oxygen atoms in total. The van der Waals surface area contributed by atoms with Crippen LogP contribution in [0.1, 0.15) is 31.1 Å². The minimum atomic E-state index is -1.15. The Morgan fingerprint density at radius 3 is 2.50 bits per heavy atom. The number of nitrogens with one attached hydrogen (secondary N) is 1. The Kier molecular flexibility index (Phi) is 3.25. The van der Waals surface area contributed by atoms with Gasteiger partial charge >= 0.3 is 17.1 Å². The van der Waals surface area contributed by atoms with Crippen LogP contribution >= 0.6 is 0 Å². The highest BCUT2D eigenvalue weighted by Crippen LogP contribution is 2.19. The first kappa shape index (κ1) is 14.0. The maximum absolute atomic E-state index is 12.0. The summed E-state index contributed by atoms with van der Waals surface area (Å²) >= 11 is 0. The van der Waals surface area contributed by atoms with E-state index in [2.05, 4.69) is 4.98 Å². The molecule has 6 heteroatoms.